The Morgan fingerprint density at radius 2 is 1.90 bits per heavy atom. The molecule has 0 radical (unpaired) electrons. The molecule has 0 aliphatic heterocycles. The molecule has 0 aliphatic carbocycles. The highest BCUT2D eigenvalue weighted by Crippen LogP contribution is 2.33. The zero-order chi connectivity index (χ0) is 7.82. The van der Waals surface area contributed by atoms with E-state index in [1.54, 1.807) is 14.2 Å². The Hall–Kier alpha value is -0.290. The molecule has 0 aliphatic rings. The second kappa shape index (κ2) is 6.82. The van der Waals surface area contributed by atoms with E-state index in [1.165, 1.54) is 0 Å². The summed E-state index contributed by atoms with van der Waals surface area (Å²) in [5.74, 6) is 0. The maximum absolute atomic E-state index is 4.84. The molecule has 0 aromatic carbocycles. The van der Waals surface area contributed by atoms with E-state index >= 15 is 0 Å². The Morgan fingerprint density at radius 1 is 1.30 bits per heavy atom. The Kier molecular flexibility index (Phi) is 6.63. The average molecular weight is 162 g/mol. The van der Waals surface area contributed by atoms with E-state index in [0.29, 0.717) is 6.61 Å². The third kappa shape index (κ3) is 4.58. The Bertz CT molecular complexity index is 123. The maximum atomic E-state index is 4.84. The van der Waals surface area contributed by atoms with E-state index in [1.807, 2.05) is 6.92 Å². The topological polar surface area (TPSA) is 27.7 Å². The molecule has 3 nitrogen and oxygen atoms in total. The summed E-state index contributed by atoms with van der Waals surface area (Å²) < 4.78 is 14.4. The van der Waals surface area contributed by atoms with Gasteiger partial charge in [-0.2, -0.15) is 0 Å². The summed E-state index contributed by atoms with van der Waals surface area (Å²) in [7, 11) is 2.05. The molecule has 0 saturated heterocycles. The summed E-state index contributed by atoms with van der Waals surface area (Å²) in [5.41, 5.74) is 2.67. The van der Waals surface area contributed by atoms with Crippen LogP contribution >= 0.6 is 8.38 Å². The van der Waals surface area contributed by atoms with Gasteiger partial charge in [0.2, 0.25) is 0 Å². The summed E-state index contributed by atoms with van der Waals surface area (Å²) in [4.78, 5) is 0. The molecule has 0 heterocycles. The standard InChI is InChI=1S/C6H11O3P/c1-4-9-5-6-10(7-2)8-3/h4H2,1-3H3. The van der Waals surface area contributed by atoms with Crippen LogP contribution < -0.4 is 0 Å². The highest BCUT2D eigenvalue weighted by Gasteiger charge is 1.98. The Labute approximate surface area is 62.6 Å². The summed E-state index contributed by atoms with van der Waals surface area (Å²) in [6, 6.07) is 0. The molecule has 0 unspecified atom stereocenters. The lowest BCUT2D eigenvalue weighted by molar-refractivity contribution is 0.298. The molecule has 4 heteroatoms. The zero-order valence-corrected chi connectivity index (χ0v) is 7.27. The van der Waals surface area contributed by atoms with Crippen LogP contribution in [0.15, 0.2) is 0 Å². The van der Waals surface area contributed by atoms with Crippen molar-refractivity contribution in [2.75, 3.05) is 20.8 Å². The lowest BCUT2D eigenvalue weighted by atomic mass is 10.9. The van der Waals surface area contributed by atoms with Crippen LogP contribution in [0, 0.1) is 11.8 Å². The first-order valence-electron chi connectivity index (χ1n) is 2.86. The zero-order valence-electron chi connectivity index (χ0n) is 6.38. The third-order valence-electron chi connectivity index (χ3n) is 0.685. The average Bonchev–Trinajstić information content (AvgIpc) is 1.99. The molecule has 0 amide bonds. The van der Waals surface area contributed by atoms with Gasteiger partial charge in [0.1, 0.15) is 6.11 Å². The molecule has 0 fully saturated rings. The van der Waals surface area contributed by atoms with Gasteiger partial charge in [0, 0.05) is 19.9 Å². The van der Waals surface area contributed by atoms with Gasteiger partial charge in [0.05, 0.1) is 6.61 Å². The number of ether oxygens (including phenoxy) is 1. The number of hydrogen-bond donors (Lipinski definition) is 0. The van der Waals surface area contributed by atoms with Crippen molar-refractivity contribution in [2.24, 2.45) is 0 Å². The lowest BCUT2D eigenvalue weighted by Gasteiger charge is -2.00. The highest BCUT2D eigenvalue weighted by molar-refractivity contribution is 7.52. The van der Waals surface area contributed by atoms with Gasteiger partial charge in [0.25, 0.3) is 8.38 Å². The monoisotopic (exact) mass is 162 g/mol. The van der Waals surface area contributed by atoms with Gasteiger partial charge in [-0.15, -0.1) is 0 Å². The highest BCUT2D eigenvalue weighted by atomic mass is 31.2. The molecule has 0 rings (SSSR count). The summed E-state index contributed by atoms with van der Waals surface area (Å²) in [6.07, 6.45) is 2.47. The quantitative estimate of drug-likeness (QED) is 0.465. The van der Waals surface area contributed by atoms with Crippen LogP contribution in [0.4, 0.5) is 0 Å². The van der Waals surface area contributed by atoms with E-state index in [2.05, 4.69) is 11.8 Å². The lowest BCUT2D eigenvalue weighted by Crippen LogP contribution is -1.80. The van der Waals surface area contributed by atoms with E-state index in [0.717, 1.165) is 0 Å². The van der Waals surface area contributed by atoms with Crippen LogP contribution in [0.2, 0.25) is 0 Å². The minimum atomic E-state index is -1.05. The molecular formula is C6H11O3P. The number of rotatable bonds is 3. The van der Waals surface area contributed by atoms with Crippen molar-refractivity contribution in [3.05, 3.63) is 0 Å². The second-order valence-corrected chi connectivity index (χ2v) is 2.74. The Morgan fingerprint density at radius 3 is 2.30 bits per heavy atom. The van der Waals surface area contributed by atoms with Crippen LogP contribution in [-0.4, -0.2) is 20.8 Å². The van der Waals surface area contributed by atoms with Gasteiger partial charge in [-0.05, 0) is 6.92 Å². The SMILES string of the molecule is CCOC#CP(OC)OC. The molecule has 0 bridgehead atoms. The van der Waals surface area contributed by atoms with Gasteiger partial charge in [-0.25, -0.2) is 0 Å². The molecule has 0 spiro atoms. The van der Waals surface area contributed by atoms with Gasteiger partial charge in [-0.1, -0.05) is 0 Å². The summed E-state index contributed by atoms with van der Waals surface area (Å²) in [5, 5.41) is 0. The minimum Gasteiger partial charge on any atom is -0.447 e. The molecule has 58 valence electrons. The van der Waals surface area contributed by atoms with Gasteiger partial charge < -0.3 is 13.8 Å². The third-order valence-corrected chi connectivity index (χ3v) is 1.62. The normalized spacial score (nSPS) is 8.80. The van der Waals surface area contributed by atoms with Crippen molar-refractivity contribution < 1.29 is 13.8 Å². The summed E-state index contributed by atoms with van der Waals surface area (Å²) in [6.45, 7) is 2.46. The van der Waals surface area contributed by atoms with E-state index in [4.69, 9.17) is 13.8 Å². The van der Waals surface area contributed by atoms with Crippen LogP contribution in [0.25, 0.3) is 0 Å². The fourth-order valence-corrected chi connectivity index (χ4v) is 0.778. The second-order valence-electron chi connectivity index (χ2n) is 1.27. The van der Waals surface area contributed by atoms with Gasteiger partial charge in [0.15, 0.2) is 0 Å². The van der Waals surface area contributed by atoms with E-state index < -0.39 is 8.38 Å². The maximum Gasteiger partial charge on any atom is 0.259 e. The first-order chi connectivity index (χ1) is 4.85. The molecular weight excluding hydrogens is 151 g/mol. The van der Waals surface area contributed by atoms with Crippen molar-refractivity contribution in [1.29, 1.82) is 0 Å². The van der Waals surface area contributed by atoms with E-state index in [-0.39, 0.29) is 0 Å². The van der Waals surface area contributed by atoms with Crippen molar-refractivity contribution in [3.63, 3.8) is 0 Å². The predicted molar refractivity (Wildman–Crippen MR) is 40.3 cm³/mol. The molecule has 0 saturated carbocycles. The van der Waals surface area contributed by atoms with Gasteiger partial charge in [-0.3, -0.25) is 0 Å². The van der Waals surface area contributed by atoms with Crippen molar-refractivity contribution in [1.82, 2.24) is 0 Å². The van der Waals surface area contributed by atoms with Crippen molar-refractivity contribution >= 4 is 8.38 Å². The fourth-order valence-electron chi connectivity index (χ4n) is 0.308. The number of hydrogen-bond acceptors (Lipinski definition) is 3. The molecule has 0 aromatic rings. The van der Waals surface area contributed by atoms with Crippen LogP contribution in [0.3, 0.4) is 0 Å². The van der Waals surface area contributed by atoms with E-state index in [9.17, 15) is 0 Å². The molecule has 0 aromatic heterocycles. The fraction of sp³-hybridized carbons (Fsp3) is 0.667. The minimum absolute atomic E-state index is 0.587. The first kappa shape index (κ1) is 9.71. The van der Waals surface area contributed by atoms with Gasteiger partial charge >= 0.3 is 0 Å². The summed E-state index contributed by atoms with van der Waals surface area (Å²) >= 11 is 0. The predicted octanol–water partition coefficient (Wildman–Crippen LogP) is 1.55. The first-order valence-corrected chi connectivity index (χ1v) is 4.03. The Balaban J connectivity index is 3.52. The van der Waals surface area contributed by atoms with Crippen molar-refractivity contribution in [3.8, 4) is 11.8 Å². The molecule has 0 atom stereocenters. The van der Waals surface area contributed by atoms with Crippen LogP contribution in [0.5, 0.6) is 0 Å². The van der Waals surface area contributed by atoms with Crippen LogP contribution in [0.1, 0.15) is 6.92 Å². The smallest absolute Gasteiger partial charge is 0.259 e. The van der Waals surface area contributed by atoms with Crippen molar-refractivity contribution in [2.45, 2.75) is 6.92 Å². The largest absolute Gasteiger partial charge is 0.447 e. The molecule has 0 N–H and O–H groups in total. The molecule has 10 heavy (non-hydrogen) atoms. The van der Waals surface area contributed by atoms with Crippen LogP contribution in [-0.2, 0) is 13.8 Å².